The Morgan fingerprint density at radius 3 is 2.58 bits per heavy atom. The number of fused-ring (bicyclic) bond motifs is 1. The summed E-state index contributed by atoms with van der Waals surface area (Å²) in [5.74, 6) is 0.161. The average Bonchev–Trinajstić information content (AvgIpc) is 2.82. The zero-order valence-electron chi connectivity index (χ0n) is 13.2. The first-order valence-corrected chi connectivity index (χ1v) is 8.13. The minimum absolute atomic E-state index is 0.126. The van der Waals surface area contributed by atoms with Crippen LogP contribution in [0.2, 0.25) is 10.0 Å². The Kier molecular flexibility index (Phi) is 4.54. The normalized spacial score (nSPS) is 15.0. The molecule has 0 fully saturated rings. The molecule has 0 radical (unpaired) electrons. The summed E-state index contributed by atoms with van der Waals surface area (Å²) in [5.41, 5.74) is 1.62. The molecule has 1 aliphatic rings. The van der Waals surface area contributed by atoms with Crippen molar-refractivity contribution in [2.45, 2.75) is 6.54 Å². The van der Waals surface area contributed by atoms with Gasteiger partial charge in [-0.3, -0.25) is 4.79 Å². The van der Waals surface area contributed by atoms with Gasteiger partial charge in [-0.2, -0.15) is 0 Å². The number of hydrogen-bond acceptors (Lipinski definition) is 3. The number of halogens is 2. The van der Waals surface area contributed by atoms with Crippen molar-refractivity contribution in [1.82, 2.24) is 0 Å². The van der Waals surface area contributed by atoms with E-state index in [2.05, 4.69) is 0 Å². The standard InChI is InChI=1S/C18H15Cl2NO3/c1-21(2)9-12-15(22)6-4-11-17(23)16(24-18(11)12)8-10-3-5-13(19)14(20)7-10/h3-8,22H,9H2,1-2H3/b16-8-. The molecule has 2 aromatic carbocycles. The van der Waals surface area contributed by atoms with Crippen molar-refractivity contribution in [3.05, 3.63) is 62.8 Å². The Bertz CT molecular complexity index is 860. The third kappa shape index (κ3) is 3.13. The first-order chi connectivity index (χ1) is 11.4. The molecule has 0 amide bonds. The van der Waals surface area contributed by atoms with Crippen LogP contribution in [-0.2, 0) is 6.54 Å². The minimum atomic E-state index is -0.244. The molecule has 0 saturated heterocycles. The number of Topliss-reactive ketones (excluding diaryl/α,β-unsaturated/α-hetero) is 1. The fourth-order valence-corrected chi connectivity index (χ4v) is 2.87. The van der Waals surface area contributed by atoms with Crippen LogP contribution in [0.4, 0.5) is 0 Å². The number of ether oxygens (including phenoxy) is 1. The molecular formula is C18H15Cl2NO3. The van der Waals surface area contributed by atoms with Crippen LogP contribution >= 0.6 is 23.2 Å². The molecule has 0 unspecified atom stereocenters. The third-order valence-electron chi connectivity index (χ3n) is 3.67. The van der Waals surface area contributed by atoms with Crippen molar-refractivity contribution in [3.8, 4) is 11.5 Å². The highest BCUT2D eigenvalue weighted by Crippen LogP contribution is 2.38. The Morgan fingerprint density at radius 2 is 1.92 bits per heavy atom. The summed E-state index contributed by atoms with van der Waals surface area (Å²) in [4.78, 5) is 13.6. The smallest absolute Gasteiger partial charge is 0.231 e. The second-order valence-corrected chi connectivity index (χ2v) is 6.73. The van der Waals surface area contributed by atoms with Crippen LogP contribution in [0.1, 0.15) is 21.5 Å². The molecule has 0 aromatic heterocycles. The van der Waals surface area contributed by atoms with Crippen LogP contribution < -0.4 is 14.7 Å². The Morgan fingerprint density at radius 1 is 1.17 bits per heavy atom. The molecule has 1 aliphatic heterocycles. The topological polar surface area (TPSA) is 53.8 Å². The predicted molar refractivity (Wildman–Crippen MR) is 91.8 cm³/mol. The van der Waals surface area contributed by atoms with Gasteiger partial charge in [0.2, 0.25) is 5.78 Å². The average molecular weight is 364 g/mol. The van der Waals surface area contributed by atoms with Crippen molar-refractivity contribution in [2.24, 2.45) is 0 Å². The van der Waals surface area contributed by atoms with Crippen LogP contribution in [0.15, 0.2) is 36.1 Å². The molecule has 3 rings (SSSR count). The Balaban J connectivity index is 2.01. The Hall–Kier alpha value is -2.01. The Labute approximate surface area is 149 Å². The molecule has 1 heterocycles. The van der Waals surface area contributed by atoms with Gasteiger partial charge in [0.1, 0.15) is 12.3 Å². The SMILES string of the molecule is C[NH+](C)Cc1c([O-])ccc2c1O/C(=C\c1ccc(Cl)c(Cl)c1)C2=O. The lowest BCUT2D eigenvalue weighted by atomic mass is 10.0. The van der Waals surface area contributed by atoms with Crippen molar-refractivity contribution < 1.29 is 19.5 Å². The van der Waals surface area contributed by atoms with Gasteiger partial charge < -0.3 is 14.7 Å². The number of allylic oxidation sites excluding steroid dienone is 1. The van der Waals surface area contributed by atoms with E-state index >= 15 is 0 Å². The molecule has 4 nitrogen and oxygen atoms in total. The van der Waals surface area contributed by atoms with E-state index in [1.54, 1.807) is 24.3 Å². The summed E-state index contributed by atoms with van der Waals surface area (Å²) in [6.07, 6.45) is 1.60. The molecule has 24 heavy (non-hydrogen) atoms. The summed E-state index contributed by atoms with van der Waals surface area (Å²) >= 11 is 11.9. The van der Waals surface area contributed by atoms with E-state index in [0.717, 1.165) is 4.90 Å². The summed E-state index contributed by atoms with van der Waals surface area (Å²) in [6.45, 7) is 0.481. The lowest BCUT2D eigenvalue weighted by Crippen LogP contribution is -3.04. The van der Waals surface area contributed by atoms with E-state index in [-0.39, 0.29) is 17.3 Å². The fourth-order valence-electron chi connectivity index (χ4n) is 2.56. The summed E-state index contributed by atoms with van der Waals surface area (Å²) in [7, 11) is 3.87. The van der Waals surface area contributed by atoms with Crippen molar-refractivity contribution in [2.75, 3.05) is 14.1 Å². The number of nitrogens with one attached hydrogen (secondary N) is 1. The second kappa shape index (κ2) is 6.48. The van der Waals surface area contributed by atoms with Gasteiger partial charge >= 0.3 is 0 Å². The molecular weight excluding hydrogens is 349 g/mol. The van der Waals surface area contributed by atoms with Crippen LogP contribution in [0, 0.1) is 0 Å². The maximum atomic E-state index is 12.5. The van der Waals surface area contributed by atoms with Gasteiger partial charge in [0.25, 0.3) is 0 Å². The monoisotopic (exact) mass is 363 g/mol. The molecule has 0 bridgehead atoms. The molecule has 0 atom stereocenters. The van der Waals surface area contributed by atoms with Gasteiger partial charge in [0, 0.05) is 5.56 Å². The van der Waals surface area contributed by atoms with Crippen molar-refractivity contribution >= 4 is 35.1 Å². The zero-order valence-corrected chi connectivity index (χ0v) is 14.7. The van der Waals surface area contributed by atoms with Gasteiger partial charge in [-0.15, -0.1) is 0 Å². The lowest BCUT2D eigenvalue weighted by molar-refractivity contribution is -0.872. The highest BCUT2D eigenvalue weighted by Gasteiger charge is 2.30. The third-order valence-corrected chi connectivity index (χ3v) is 4.41. The molecule has 2 aromatic rings. The summed E-state index contributed by atoms with van der Waals surface area (Å²) in [6, 6.07) is 7.98. The number of rotatable bonds is 3. The molecule has 124 valence electrons. The van der Waals surface area contributed by atoms with Gasteiger partial charge in [-0.05, 0) is 29.8 Å². The number of ketones is 1. The van der Waals surface area contributed by atoms with E-state index in [9.17, 15) is 9.90 Å². The highest BCUT2D eigenvalue weighted by atomic mass is 35.5. The van der Waals surface area contributed by atoms with Crippen LogP contribution in [0.3, 0.4) is 0 Å². The van der Waals surface area contributed by atoms with Gasteiger partial charge in [-0.1, -0.05) is 41.1 Å². The number of benzene rings is 2. The second-order valence-electron chi connectivity index (χ2n) is 5.92. The molecule has 0 saturated carbocycles. The number of hydrogen-bond donors (Lipinski definition) is 1. The fraction of sp³-hybridized carbons (Fsp3) is 0.167. The van der Waals surface area contributed by atoms with Crippen LogP contribution in [-0.4, -0.2) is 19.9 Å². The van der Waals surface area contributed by atoms with E-state index in [0.29, 0.717) is 39.0 Å². The first-order valence-electron chi connectivity index (χ1n) is 7.38. The van der Waals surface area contributed by atoms with E-state index in [1.807, 2.05) is 14.1 Å². The van der Waals surface area contributed by atoms with Crippen molar-refractivity contribution in [1.29, 1.82) is 0 Å². The van der Waals surface area contributed by atoms with E-state index in [1.165, 1.54) is 12.1 Å². The molecule has 1 N–H and O–H groups in total. The van der Waals surface area contributed by atoms with E-state index < -0.39 is 0 Å². The van der Waals surface area contributed by atoms with E-state index in [4.69, 9.17) is 27.9 Å². The maximum Gasteiger partial charge on any atom is 0.231 e. The van der Waals surface area contributed by atoms with Gasteiger partial charge in [-0.25, -0.2) is 0 Å². The quantitative estimate of drug-likeness (QED) is 0.851. The predicted octanol–water partition coefficient (Wildman–Crippen LogP) is 2.33. The number of carbonyl (C=O) groups is 1. The van der Waals surface area contributed by atoms with Gasteiger partial charge in [0.05, 0.1) is 29.7 Å². The molecule has 6 heteroatoms. The largest absolute Gasteiger partial charge is 0.872 e. The summed E-state index contributed by atoms with van der Waals surface area (Å²) < 4.78 is 5.73. The molecule has 0 spiro atoms. The minimum Gasteiger partial charge on any atom is -0.872 e. The van der Waals surface area contributed by atoms with Crippen LogP contribution in [0.25, 0.3) is 6.08 Å². The lowest BCUT2D eigenvalue weighted by Gasteiger charge is -2.17. The zero-order chi connectivity index (χ0) is 17.4. The summed E-state index contributed by atoms with van der Waals surface area (Å²) in [5, 5.41) is 12.9. The van der Waals surface area contributed by atoms with Gasteiger partial charge in [0.15, 0.2) is 5.76 Å². The van der Waals surface area contributed by atoms with Crippen molar-refractivity contribution in [3.63, 3.8) is 0 Å². The first kappa shape index (κ1) is 16.8. The number of quaternary nitrogens is 1. The number of carbonyl (C=O) groups excluding carboxylic acids is 1. The molecule has 0 aliphatic carbocycles. The maximum absolute atomic E-state index is 12.5. The van der Waals surface area contributed by atoms with Crippen LogP contribution in [0.5, 0.6) is 11.5 Å². The highest BCUT2D eigenvalue weighted by molar-refractivity contribution is 6.42.